The molecule has 48 heavy (non-hydrogen) atoms. The first-order valence-corrected chi connectivity index (χ1v) is 15.7. The number of nitrogens with zero attached hydrogens (tertiary/aromatic N) is 3. The molecule has 0 atom stereocenters. The molecular weight excluding hydrogens is 594 g/mol. The molecule has 0 amide bonds. The summed E-state index contributed by atoms with van der Waals surface area (Å²) in [5, 5.41) is 0. The summed E-state index contributed by atoms with van der Waals surface area (Å²) < 4.78 is 0. The Balaban J connectivity index is 1.29. The SMILES string of the molecule is CN1/C(=C\C=C2C(=O)C(=C/C=C3\C=Cc4ccccc4N3C)C(=O)C(=C/C=C3\C=Cc4ccccc4N3C)C2=O)C=Cc2ccccc21. The predicted octanol–water partition coefficient (Wildman–Crippen LogP) is 7.63. The molecule has 3 heterocycles. The van der Waals surface area contributed by atoms with Crippen molar-refractivity contribution in [1.82, 2.24) is 0 Å². The van der Waals surface area contributed by atoms with Crippen LogP contribution in [-0.4, -0.2) is 38.5 Å². The van der Waals surface area contributed by atoms with Gasteiger partial charge in [0.05, 0.1) is 16.7 Å². The van der Waals surface area contributed by atoms with Crippen LogP contribution < -0.4 is 14.7 Å². The molecule has 0 aromatic heterocycles. The summed E-state index contributed by atoms with van der Waals surface area (Å²) >= 11 is 0. The number of para-hydroxylation sites is 3. The molecule has 3 aromatic carbocycles. The van der Waals surface area contributed by atoms with E-state index in [2.05, 4.69) is 0 Å². The molecule has 7 rings (SSSR count). The van der Waals surface area contributed by atoms with E-state index in [1.54, 1.807) is 18.2 Å². The van der Waals surface area contributed by atoms with Crippen LogP contribution in [0.1, 0.15) is 16.7 Å². The van der Waals surface area contributed by atoms with Gasteiger partial charge in [-0.2, -0.15) is 0 Å². The van der Waals surface area contributed by atoms with Crippen LogP contribution in [0.2, 0.25) is 0 Å². The van der Waals surface area contributed by atoms with Crippen molar-refractivity contribution in [3.63, 3.8) is 0 Å². The monoisotopic (exact) mass is 627 g/mol. The Morgan fingerprint density at radius 2 is 0.646 bits per heavy atom. The minimum atomic E-state index is -0.599. The van der Waals surface area contributed by atoms with Gasteiger partial charge in [-0.1, -0.05) is 72.8 Å². The Bertz CT molecular complexity index is 1910. The summed E-state index contributed by atoms with van der Waals surface area (Å²) in [4.78, 5) is 47.8. The molecule has 0 radical (unpaired) electrons. The second-order valence-corrected chi connectivity index (χ2v) is 11.9. The lowest BCUT2D eigenvalue weighted by atomic mass is 9.82. The first-order chi connectivity index (χ1) is 23.3. The highest BCUT2D eigenvalue weighted by atomic mass is 16.2. The van der Waals surface area contributed by atoms with Crippen molar-refractivity contribution in [2.24, 2.45) is 0 Å². The maximum absolute atomic E-state index is 13.9. The van der Waals surface area contributed by atoms with Crippen LogP contribution in [0.5, 0.6) is 0 Å². The normalized spacial score (nSPS) is 21.1. The molecule has 0 saturated heterocycles. The van der Waals surface area contributed by atoms with E-state index in [-0.39, 0.29) is 16.7 Å². The summed E-state index contributed by atoms with van der Waals surface area (Å²) in [6.45, 7) is 0. The van der Waals surface area contributed by atoms with E-state index in [1.165, 1.54) is 18.2 Å². The second kappa shape index (κ2) is 12.5. The molecule has 4 aliphatic rings. The van der Waals surface area contributed by atoms with E-state index in [0.29, 0.717) is 0 Å². The van der Waals surface area contributed by atoms with Gasteiger partial charge in [0.25, 0.3) is 0 Å². The van der Waals surface area contributed by atoms with Crippen molar-refractivity contribution >= 4 is 52.6 Å². The zero-order chi connectivity index (χ0) is 33.4. The zero-order valence-corrected chi connectivity index (χ0v) is 26.9. The molecule has 0 N–H and O–H groups in total. The molecule has 0 spiro atoms. The summed E-state index contributed by atoms with van der Waals surface area (Å²) in [6, 6.07) is 24.0. The summed E-state index contributed by atoms with van der Waals surface area (Å²) in [5.41, 5.74) is 8.49. The minimum absolute atomic E-state index is 0.0622. The van der Waals surface area contributed by atoms with E-state index in [1.807, 2.05) is 145 Å². The Hall–Kier alpha value is -6.27. The predicted molar refractivity (Wildman–Crippen MR) is 195 cm³/mol. The average Bonchev–Trinajstić information content (AvgIpc) is 3.11. The lowest BCUT2D eigenvalue weighted by molar-refractivity contribution is -0.124. The fraction of sp³-hybridized carbons (Fsp3) is 0.0714. The van der Waals surface area contributed by atoms with Crippen LogP contribution in [-0.2, 0) is 14.4 Å². The van der Waals surface area contributed by atoms with Gasteiger partial charge in [-0.25, -0.2) is 0 Å². The highest BCUT2D eigenvalue weighted by Crippen LogP contribution is 2.33. The van der Waals surface area contributed by atoms with E-state index >= 15 is 0 Å². The number of likely N-dealkylation sites (N-methyl/N-ethyl adjacent to an activating group) is 3. The number of hydrogen-bond acceptors (Lipinski definition) is 6. The van der Waals surface area contributed by atoms with Gasteiger partial charge < -0.3 is 14.7 Å². The van der Waals surface area contributed by atoms with Crippen LogP contribution in [0.4, 0.5) is 17.1 Å². The van der Waals surface area contributed by atoms with Gasteiger partial charge in [0.15, 0.2) is 0 Å². The van der Waals surface area contributed by atoms with Crippen LogP contribution in [0.25, 0.3) is 18.2 Å². The van der Waals surface area contributed by atoms with Gasteiger partial charge in [-0.15, -0.1) is 0 Å². The van der Waals surface area contributed by atoms with Crippen molar-refractivity contribution in [2.75, 3.05) is 35.8 Å². The number of ketones is 3. The third kappa shape index (κ3) is 5.43. The molecule has 1 saturated carbocycles. The molecule has 0 bridgehead atoms. The molecule has 6 nitrogen and oxygen atoms in total. The fourth-order valence-electron chi connectivity index (χ4n) is 6.29. The maximum Gasteiger partial charge on any atom is 0.200 e. The Labute approximate surface area is 280 Å². The largest absolute Gasteiger partial charge is 0.344 e. The first-order valence-electron chi connectivity index (χ1n) is 15.7. The van der Waals surface area contributed by atoms with Gasteiger partial charge in [-0.3, -0.25) is 14.4 Å². The smallest absolute Gasteiger partial charge is 0.200 e. The Morgan fingerprint density at radius 3 is 0.938 bits per heavy atom. The number of carbonyl (C=O) groups is 3. The molecular formula is C42H33N3O3. The summed E-state index contributed by atoms with van der Waals surface area (Å²) in [5.74, 6) is -1.80. The molecule has 1 aliphatic carbocycles. The fourth-order valence-corrected chi connectivity index (χ4v) is 6.29. The van der Waals surface area contributed by atoms with E-state index < -0.39 is 17.3 Å². The third-order valence-electron chi connectivity index (χ3n) is 9.09. The van der Waals surface area contributed by atoms with Gasteiger partial charge in [0.1, 0.15) is 0 Å². The lowest BCUT2D eigenvalue weighted by Gasteiger charge is -2.26. The number of benzene rings is 3. The number of rotatable bonds is 3. The summed E-state index contributed by atoms with van der Waals surface area (Å²) in [7, 11) is 5.82. The van der Waals surface area contributed by atoms with Crippen LogP contribution >= 0.6 is 0 Å². The lowest BCUT2D eigenvalue weighted by Crippen LogP contribution is -2.31. The highest BCUT2D eigenvalue weighted by Gasteiger charge is 2.37. The second-order valence-electron chi connectivity index (χ2n) is 11.9. The summed E-state index contributed by atoms with van der Waals surface area (Å²) in [6.07, 6.45) is 21.7. The van der Waals surface area contributed by atoms with Crippen LogP contribution in [0.15, 0.2) is 161 Å². The van der Waals surface area contributed by atoms with E-state index in [9.17, 15) is 14.4 Å². The minimum Gasteiger partial charge on any atom is -0.344 e. The number of hydrogen-bond donors (Lipinski definition) is 0. The molecule has 6 heteroatoms. The van der Waals surface area contributed by atoms with Crippen LogP contribution in [0.3, 0.4) is 0 Å². The quantitative estimate of drug-likeness (QED) is 0.220. The van der Waals surface area contributed by atoms with Crippen molar-refractivity contribution in [2.45, 2.75) is 0 Å². The van der Waals surface area contributed by atoms with Gasteiger partial charge in [0.2, 0.25) is 17.3 Å². The number of fused-ring (bicyclic) bond motifs is 3. The molecule has 0 unspecified atom stereocenters. The molecule has 3 aromatic rings. The van der Waals surface area contributed by atoms with E-state index in [4.69, 9.17) is 0 Å². The molecule has 234 valence electrons. The Morgan fingerprint density at radius 1 is 0.375 bits per heavy atom. The molecule has 1 fully saturated rings. The maximum atomic E-state index is 13.9. The first kappa shape index (κ1) is 30.4. The van der Waals surface area contributed by atoms with Gasteiger partial charge >= 0.3 is 0 Å². The number of carbonyl (C=O) groups excluding carboxylic acids is 3. The standard InChI is InChI=1S/C42H33N3O3/c1-43-31(19-16-28-10-4-7-13-37(28)43)22-25-34-40(46)35(26-23-32-20-17-29-11-5-8-14-38(29)44(32)2)42(48)36(41(34)47)27-24-33-21-18-30-12-6-9-15-39(30)45(33)3/h4-27H,1-3H3/b31-22-,32-23+,33-24+,34-25?,35-26?,36-27?. The average molecular weight is 628 g/mol. The van der Waals surface area contributed by atoms with Crippen molar-refractivity contribution < 1.29 is 14.4 Å². The topological polar surface area (TPSA) is 60.9 Å². The van der Waals surface area contributed by atoms with Crippen molar-refractivity contribution in [3.8, 4) is 0 Å². The Kier molecular flexibility index (Phi) is 7.91. The van der Waals surface area contributed by atoms with E-state index in [0.717, 1.165) is 50.8 Å². The van der Waals surface area contributed by atoms with Gasteiger partial charge in [0, 0.05) is 55.3 Å². The van der Waals surface area contributed by atoms with Crippen molar-refractivity contribution in [1.29, 1.82) is 0 Å². The van der Waals surface area contributed by atoms with Crippen LogP contribution in [0, 0.1) is 0 Å². The van der Waals surface area contributed by atoms with Gasteiger partial charge in [-0.05, 0) is 89.6 Å². The molecule has 3 aliphatic heterocycles. The number of anilines is 3. The number of allylic oxidation sites excluding steroid dienone is 12. The zero-order valence-electron chi connectivity index (χ0n) is 26.9. The highest BCUT2D eigenvalue weighted by molar-refractivity contribution is 6.52. The number of Topliss-reactive ketones (excluding diaryl/α,β-unsaturated/α-hetero) is 3. The van der Waals surface area contributed by atoms with Crippen molar-refractivity contribution in [3.05, 3.63) is 178 Å². The third-order valence-corrected chi connectivity index (χ3v) is 9.09.